The van der Waals surface area contributed by atoms with Crippen molar-refractivity contribution in [2.24, 2.45) is 0 Å². The number of carbonyl (C=O) groups is 2. The fourth-order valence-electron chi connectivity index (χ4n) is 2.46. The molecule has 0 spiro atoms. The number of hydrogen-bond donors (Lipinski definition) is 2. The molecule has 0 aliphatic carbocycles. The van der Waals surface area contributed by atoms with Gasteiger partial charge in [0.25, 0.3) is 5.91 Å². The maximum absolute atomic E-state index is 12.5. The predicted octanol–water partition coefficient (Wildman–Crippen LogP) is 1.36. The Balaban J connectivity index is 1.91. The van der Waals surface area contributed by atoms with Gasteiger partial charge in [-0.1, -0.05) is 0 Å². The standard InChI is InChI=1S/C17H25N3O3S/c1-13-11-14(17(22)20-6-9-24-10-7-20)3-4-15(13)19-16(21)12-18-5-8-23-2/h3-4,11,18H,5-10,12H2,1-2H3,(H,19,21). The van der Waals surface area contributed by atoms with Crippen molar-refractivity contribution in [2.45, 2.75) is 6.92 Å². The van der Waals surface area contributed by atoms with Crippen molar-refractivity contribution >= 4 is 29.3 Å². The number of hydrogen-bond acceptors (Lipinski definition) is 5. The lowest BCUT2D eigenvalue weighted by atomic mass is 10.1. The quantitative estimate of drug-likeness (QED) is 0.726. The predicted molar refractivity (Wildman–Crippen MR) is 97.8 cm³/mol. The Labute approximate surface area is 147 Å². The van der Waals surface area contributed by atoms with Gasteiger partial charge in [-0.2, -0.15) is 11.8 Å². The Morgan fingerprint density at radius 1 is 1.29 bits per heavy atom. The molecule has 1 aromatic carbocycles. The van der Waals surface area contributed by atoms with Crippen molar-refractivity contribution in [3.05, 3.63) is 29.3 Å². The van der Waals surface area contributed by atoms with Gasteiger partial charge in [-0.25, -0.2) is 0 Å². The monoisotopic (exact) mass is 351 g/mol. The van der Waals surface area contributed by atoms with E-state index in [4.69, 9.17) is 4.74 Å². The number of benzene rings is 1. The molecule has 1 fully saturated rings. The van der Waals surface area contributed by atoms with Crippen LogP contribution in [0.15, 0.2) is 18.2 Å². The van der Waals surface area contributed by atoms with Crippen LogP contribution in [0.1, 0.15) is 15.9 Å². The first-order valence-electron chi connectivity index (χ1n) is 8.09. The molecule has 0 unspecified atom stereocenters. The molecule has 0 aromatic heterocycles. The van der Waals surface area contributed by atoms with Crippen LogP contribution in [-0.2, 0) is 9.53 Å². The highest BCUT2D eigenvalue weighted by molar-refractivity contribution is 7.99. The third-order valence-corrected chi connectivity index (χ3v) is 4.76. The van der Waals surface area contributed by atoms with Gasteiger partial charge in [0.1, 0.15) is 0 Å². The van der Waals surface area contributed by atoms with Crippen LogP contribution in [0.25, 0.3) is 0 Å². The van der Waals surface area contributed by atoms with Crippen molar-refractivity contribution in [1.29, 1.82) is 0 Å². The smallest absolute Gasteiger partial charge is 0.253 e. The highest BCUT2D eigenvalue weighted by atomic mass is 32.2. The average molecular weight is 351 g/mol. The minimum atomic E-state index is -0.110. The summed E-state index contributed by atoms with van der Waals surface area (Å²) in [7, 11) is 1.62. The third kappa shape index (κ3) is 5.51. The fourth-order valence-corrected chi connectivity index (χ4v) is 3.36. The Morgan fingerprint density at radius 2 is 2.04 bits per heavy atom. The molecule has 0 bridgehead atoms. The Bertz CT molecular complexity index is 574. The minimum Gasteiger partial charge on any atom is -0.383 e. The lowest BCUT2D eigenvalue weighted by Crippen LogP contribution is -2.37. The van der Waals surface area contributed by atoms with Crippen molar-refractivity contribution in [1.82, 2.24) is 10.2 Å². The number of methoxy groups -OCH3 is 1. The molecule has 1 aliphatic heterocycles. The average Bonchev–Trinajstić information content (AvgIpc) is 2.60. The molecule has 0 radical (unpaired) electrons. The van der Waals surface area contributed by atoms with E-state index in [0.717, 1.165) is 35.8 Å². The van der Waals surface area contributed by atoms with Crippen LogP contribution in [0.4, 0.5) is 5.69 Å². The van der Waals surface area contributed by atoms with Crippen LogP contribution in [0.3, 0.4) is 0 Å². The number of nitrogens with zero attached hydrogens (tertiary/aromatic N) is 1. The summed E-state index contributed by atoms with van der Waals surface area (Å²) in [6, 6.07) is 5.43. The number of rotatable bonds is 7. The van der Waals surface area contributed by atoms with Crippen molar-refractivity contribution in [3.63, 3.8) is 0 Å². The molecular formula is C17H25N3O3S. The number of thioether (sulfide) groups is 1. The number of amides is 2. The van der Waals surface area contributed by atoms with E-state index >= 15 is 0 Å². The molecule has 2 N–H and O–H groups in total. The van der Waals surface area contributed by atoms with Gasteiger partial charge in [-0.3, -0.25) is 9.59 Å². The van der Waals surface area contributed by atoms with Gasteiger partial charge in [-0.15, -0.1) is 0 Å². The summed E-state index contributed by atoms with van der Waals surface area (Å²) < 4.78 is 4.92. The molecule has 1 aromatic rings. The van der Waals surface area contributed by atoms with Gasteiger partial charge in [0, 0.05) is 49.5 Å². The van der Waals surface area contributed by atoms with E-state index in [0.29, 0.717) is 18.7 Å². The molecule has 0 saturated carbocycles. The van der Waals surface area contributed by atoms with Crippen LogP contribution in [0.5, 0.6) is 0 Å². The van der Waals surface area contributed by atoms with Gasteiger partial charge in [-0.05, 0) is 30.7 Å². The lowest BCUT2D eigenvalue weighted by molar-refractivity contribution is -0.115. The summed E-state index contributed by atoms with van der Waals surface area (Å²) in [6.07, 6.45) is 0. The Kier molecular flexibility index (Phi) is 7.55. The largest absolute Gasteiger partial charge is 0.383 e. The van der Waals surface area contributed by atoms with Crippen LogP contribution < -0.4 is 10.6 Å². The van der Waals surface area contributed by atoms with E-state index in [1.54, 1.807) is 19.2 Å². The third-order valence-electron chi connectivity index (χ3n) is 3.81. The van der Waals surface area contributed by atoms with E-state index in [9.17, 15) is 9.59 Å². The molecule has 24 heavy (non-hydrogen) atoms. The fraction of sp³-hybridized carbons (Fsp3) is 0.529. The van der Waals surface area contributed by atoms with E-state index in [2.05, 4.69) is 10.6 Å². The lowest BCUT2D eigenvalue weighted by Gasteiger charge is -2.26. The van der Waals surface area contributed by atoms with Gasteiger partial charge < -0.3 is 20.3 Å². The van der Waals surface area contributed by atoms with E-state index in [1.165, 1.54) is 0 Å². The van der Waals surface area contributed by atoms with E-state index in [1.807, 2.05) is 29.7 Å². The summed E-state index contributed by atoms with van der Waals surface area (Å²) in [4.78, 5) is 26.3. The molecule has 2 rings (SSSR count). The molecule has 7 heteroatoms. The molecule has 0 atom stereocenters. The molecule has 1 heterocycles. The van der Waals surface area contributed by atoms with Crippen LogP contribution in [0, 0.1) is 6.92 Å². The second-order valence-corrected chi connectivity index (χ2v) is 6.88. The summed E-state index contributed by atoms with van der Waals surface area (Å²) in [5, 5.41) is 5.86. The van der Waals surface area contributed by atoms with Crippen molar-refractivity contribution in [2.75, 3.05) is 56.7 Å². The number of ether oxygens (including phenoxy) is 1. The van der Waals surface area contributed by atoms with Gasteiger partial charge in [0.05, 0.1) is 13.2 Å². The maximum Gasteiger partial charge on any atom is 0.253 e. The zero-order valence-corrected chi connectivity index (χ0v) is 15.1. The molecule has 1 aliphatic rings. The number of anilines is 1. The Morgan fingerprint density at radius 3 is 2.71 bits per heavy atom. The molecule has 6 nitrogen and oxygen atoms in total. The molecular weight excluding hydrogens is 326 g/mol. The topological polar surface area (TPSA) is 70.7 Å². The van der Waals surface area contributed by atoms with Gasteiger partial charge in [0.2, 0.25) is 5.91 Å². The van der Waals surface area contributed by atoms with E-state index < -0.39 is 0 Å². The van der Waals surface area contributed by atoms with Crippen LogP contribution >= 0.6 is 11.8 Å². The van der Waals surface area contributed by atoms with Crippen molar-refractivity contribution < 1.29 is 14.3 Å². The second kappa shape index (κ2) is 9.66. The van der Waals surface area contributed by atoms with Crippen LogP contribution in [0.2, 0.25) is 0 Å². The number of aryl methyl sites for hydroxylation is 1. The summed E-state index contributed by atoms with van der Waals surface area (Å²) >= 11 is 1.88. The molecule has 2 amide bonds. The SMILES string of the molecule is COCCNCC(=O)Nc1ccc(C(=O)N2CCSCC2)cc1C. The Hall–Kier alpha value is -1.57. The van der Waals surface area contributed by atoms with Gasteiger partial charge >= 0.3 is 0 Å². The van der Waals surface area contributed by atoms with Gasteiger partial charge in [0.15, 0.2) is 0 Å². The number of carbonyl (C=O) groups excluding carboxylic acids is 2. The highest BCUT2D eigenvalue weighted by Gasteiger charge is 2.19. The molecule has 132 valence electrons. The normalized spacial score (nSPS) is 14.5. The summed E-state index contributed by atoms with van der Waals surface area (Å²) in [5.74, 6) is 1.95. The first-order chi connectivity index (χ1) is 11.6. The molecule has 1 saturated heterocycles. The summed E-state index contributed by atoms with van der Waals surface area (Å²) in [5.41, 5.74) is 2.30. The van der Waals surface area contributed by atoms with E-state index in [-0.39, 0.29) is 18.4 Å². The maximum atomic E-state index is 12.5. The first kappa shape index (κ1) is 18.8. The number of nitrogens with one attached hydrogen (secondary N) is 2. The summed E-state index contributed by atoms with van der Waals surface area (Å²) in [6.45, 7) is 4.93. The van der Waals surface area contributed by atoms with Crippen LogP contribution in [-0.4, -0.2) is 68.1 Å². The van der Waals surface area contributed by atoms with Crippen molar-refractivity contribution in [3.8, 4) is 0 Å². The first-order valence-corrected chi connectivity index (χ1v) is 9.24. The zero-order chi connectivity index (χ0) is 17.4. The zero-order valence-electron chi connectivity index (χ0n) is 14.3. The minimum absolute atomic E-state index is 0.0671. The highest BCUT2D eigenvalue weighted by Crippen LogP contribution is 2.19. The second-order valence-electron chi connectivity index (χ2n) is 5.65.